The topological polar surface area (TPSA) is 77.0 Å². The molecule has 2 N–H and O–H groups in total. The van der Waals surface area contributed by atoms with Gasteiger partial charge in [0, 0.05) is 23.7 Å². The lowest BCUT2D eigenvalue weighted by Gasteiger charge is -2.30. The van der Waals surface area contributed by atoms with Gasteiger partial charge in [0.15, 0.2) is 5.82 Å². The average Bonchev–Trinajstić information content (AvgIpc) is 3.07. The molecular weight excluding hydrogens is 394 g/mol. The largest absolute Gasteiger partial charge is 0.337 e. The van der Waals surface area contributed by atoms with Crippen molar-refractivity contribution in [3.63, 3.8) is 0 Å². The van der Waals surface area contributed by atoms with Crippen molar-refractivity contribution in [2.75, 3.05) is 12.4 Å². The zero-order chi connectivity index (χ0) is 19.7. The Bertz CT molecular complexity index is 1020. The number of thioether (sulfide) groups is 1. The lowest BCUT2D eigenvalue weighted by molar-refractivity contribution is -0.131. The van der Waals surface area contributed by atoms with Gasteiger partial charge in [0.05, 0.1) is 5.25 Å². The maximum Gasteiger partial charge on any atom is 0.236 e. The minimum absolute atomic E-state index is 0.0757. The molecule has 1 aromatic heterocycles. The molecule has 2 aromatic carbocycles. The number of fused-ring (bicyclic) bond motifs is 1. The SMILES string of the molecule is C[C@H](Sc1nnc(-c2cccc(Cl)c2)n1N)C(=O)N1CCc2ccccc2C1. The van der Waals surface area contributed by atoms with Crippen molar-refractivity contribution < 1.29 is 4.79 Å². The first-order valence-electron chi connectivity index (χ1n) is 9.01. The molecule has 1 atom stereocenters. The number of halogens is 1. The molecule has 0 unspecified atom stereocenters. The Morgan fingerprint density at radius 1 is 1.18 bits per heavy atom. The van der Waals surface area contributed by atoms with Crippen LogP contribution in [0.4, 0.5) is 0 Å². The van der Waals surface area contributed by atoms with Gasteiger partial charge in [0.1, 0.15) is 0 Å². The Kier molecular flexibility index (Phi) is 5.28. The second kappa shape index (κ2) is 7.85. The van der Waals surface area contributed by atoms with Crippen LogP contribution in [0.1, 0.15) is 18.1 Å². The van der Waals surface area contributed by atoms with Crippen molar-refractivity contribution in [1.82, 2.24) is 19.8 Å². The van der Waals surface area contributed by atoms with E-state index < -0.39 is 0 Å². The maximum atomic E-state index is 12.9. The lowest BCUT2D eigenvalue weighted by atomic mass is 10.00. The number of rotatable bonds is 4. The first-order chi connectivity index (χ1) is 13.5. The minimum atomic E-state index is -0.316. The summed E-state index contributed by atoms with van der Waals surface area (Å²) in [5.74, 6) is 6.76. The highest BCUT2D eigenvalue weighted by Gasteiger charge is 2.27. The highest BCUT2D eigenvalue weighted by Crippen LogP contribution is 2.28. The smallest absolute Gasteiger partial charge is 0.236 e. The lowest BCUT2D eigenvalue weighted by Crippen LogP contribution is -2.40. The molecule has 8 heteroatoms. The van der Waals surface area contributed by atoms with Crippen LogP contribution in [0.2, 0.25) is 5.02 Å². The Morgan fingerprint density at radius 3 is 2.75 bits per heavy atom. The first kappa shape index (κ1) is 18.8. The molecule has 0 bridgehead atoms. The number of aromatic nitrogens is 3. The fraction of sp³-hybridized carbons (Fsp3) is 0.250. The Balaban J connectivity index is 1.47. The maximum absolute atomic E-state index is 12.9. The number of benzene rings is 2. The van der Waals surface area contributed by atoms with E-state index in [1.807, 2.05) is 36.1 Å². The van der Waals surface area contributed by atoms with Crippen molar-refractivity contribution in [2.24, 2.45) is 0 Å². The van der Waals surface area contributed by atoms with Crippen molar-refractivity contribution in [3.8, 4) is 11.4 Å². The molecule has 144 valence electrons. The van der Waals surface area contributed by atoms with E-state index in [0.717, 1.165) is 18.5 Å². The zero-order valence-electron chi connectivity index (χ0n) is 15.4. The number of carbonyl (C=O) groups excluding carboxylic acids is 1. The van der Waals surface area contributed by atoms with Crippen molar-refractivity contribution in [3.05, 3.63) is 64.7 Å². The predicted molar refractivity (Wildman–Crippen MR) is 112 cm³/mol. The summed E-state index contributed by atoms with van der Waals surface area (Å²) in [6.07, 6.45) is 0.880. The van der Waals surface area contributed by atoms with Gasteiger partial charge in [-0.1, -0.05) is 59.8 Å². The molecule has 2 heterocycles. The zero-order valence-corrected chi connectivity index (χ0v) is 17.0. The van der Waals surface area contributed by atoms with Crippen LogP contribution >= 0.6 is 23.4 Å². The summed E-state index contributed by atoms with van der Waals surface area (Å²) in [7, 11) is 0. The van der Waals surface area contributed by atoms with Gasteiger partial charge in [-0.3, -0.25) is 4.79 Å². The van der Waals surface area contributed by atoms with Crippen molar-refractivity contribution in [1.29, 1.82) is 0 Å². The summed E-state index contributed by atoms with van der Waals surface area (Å²) in [5.41, 5.74) is 3.31. The average molecular weight is 414 g/mol. The van der Waals surface area contributed by atoms with Gasteiger partial charge < -0.3 is 10.7 Å². The quantitative estimate of drug-likeness (QED) is 0.524. The van der Waals surface area contributed by atoms with E-state index >= 15 is 0 Å². The molecule has 0 saturated carbocycles. The van der Waals surface area contributed by atoms with Crippen LogP contribution < -0.4 is 5.84 Å². The van der Waals surface area contributed by atoms with Crippen LogP contribution in [-0.2, 0) is 17.8 Å². The summed E-state index contributed by atoms with van der Waals surface area (Å²) < 4.78 is 1.41. The number of hydrogen-bond acceptors (Lipinski definition) is 5. The number of amides is 1. The molecule has 28 heavy (non-hydrogen) atoms. The molecular formula is C20H20ClN5OS. The van der Waals surface area contributed by atoms with Gasteiger partial charge in [-0.15, -0.1) is 10.2 Å². The molecule has 0 saturated heterocycles. The summed E-state index contributed by atoms with van der Waals surface area (Å²) in [6, 6.07) is 15.5. The van der Waals surface area contributed by atoms with E-state index in [1.54, 1.807) is 12.1 Å². The monoisotopic (exact) mass is 413 g/mol. The number of nitrogens with two attached hydrogens (primary N) is 1. The fourth-order valence-electron chi connectivity index (χ4n) is 3.33. The Morgan fingerprint density at radius 2 is 1.96 bits per heavy atom. The highest BCUT2D eigenvalue weighted by atomic mass is 35.5. The van der Waals surface area contributed by atoms with E-state index in [2.05, 4.69) is 22.3 Å². The number of hydrogen-bond donors (Lipinski definition) is 1. The standard InChI is InChI=1S/C20H20ClN5OS/c1-13(19(27)25-10-9-14-5-2-3-6-16(14)12-25)28-20-24-23-18(26(20)22)15-7-4-8-17(21)11-15/h2-8,11,13H,9-10,12,22H2,1H3/t13-/m0/s1. The molecule has 3 aromatic rings. The minimum Gasteiger partial charge on any atom is -0.337 e. The van der Waals surface area contributed by atoms with E-state index in [0.29, 0.717) is 22.5 Å². The van der Waals surface area contributed by atoms with Crippen LogP contribution in [0, 0.1) is 0 Å². The Labute approximate surface area is 172 Å². The summed E-state index contributed by atoms with van der Waals surface area (Å²) in [5, 5.41) is 9.11. The molecule has 0 spiro atoms. The molecule has 0 aliphatic carbocycles. The molecule has 1 amide bonds. The third-order valence-corrected chi connectivity index (χ3v) is 6.10. The summed E-state index contributed by atoms with van der Waals surface area (Å²) in [4.78, 5) is 14.8. The van der Waals surface area contributed by atoms with E-state index in [9.17, 15) is 4.79 Å². The third kappa shape index (κ3) is 3.72. The first-order valence-corrected chi connectivity index (χ1v) is 10.3. The van der Waals surface area contributed by atoms with Crippen LogP contribution in [0.5, 0.6) is 0 Å². The Hall–Kier alpha value is -2.51. The summed E-state index contributed by atoms with van der Waals surface area (Å²) >= 11 is 7.36. The van der Waals surface area contributed by atoms with Gasteiger partial charge >= 0.3 is 0 Å². The molecule has 4 rings (SSSR count). The van der Waals surface area contributed by atoms with Crippen molar-refractivity contribution >= 4 is 29.3 Å². The fourth-order valence-corrected chi connectivity index (χ4v) is 4.38. The predicted octanol–water partition coefficient (Wildman–Crippen LogP) is 3.38. The normalized spacial score (nSPS) is 14.6. The highest BCUT2D eigenvalue weighted by molar-refractivity contribution is 8.00. The van der Waals surface area contributed by atoms with Crippen LogP contribution in [0.3, 0.4) is 0 Å². The second-order valence-corrected chi connectivity index (χ2v) is 8.47. The van der Waals surface area contributed by atoms with Gasteiger partial charge in [-0.25, -0.2) is 4.68 Å². The molecule has 0 fully saturated rings. The number of nitrogen functional groups attached to an aromatic ring is 1. The van der Waals surface area contributed by atoms with E-state index in [4.69, 9.17) is 17.4 Å². The van der Waals surface area contributed by atoms with E-state index in [-0.39, 0.29) is 11.2 Å². The van der Waals surface area contributed by atoms with E-state index in [1.165, 1.54) is 27.6 Å². The molecule has 1 aliphatic heterocycles. The second-order valence-electron chi connectivity index (χ2n) is 6.73. The van der Waals surface area contributed by atoms with Gasteiger partial charge in [-0.05, 0) is 36.6 Å². The number of carbonyl (C=O) groups is 1. The van der Waals surface area contributed by atoms with Crippen molar-refractivity contribution in [2.45, 2.75) is 30.3 Å². The molecule has 1 aliphatic rings. The van der Waals surface area contributed by atoms with Crippen LogP contribution in [0.15, 0.2) is 53.7 Å². The molecule has 6 nitrogen and oxygen atoms in total. The molecule has 0 radical (unpaired) electrons. The van der Waals surface area contributed by atoms with Crippen LogP contribution in [-0.4, -0.2) is 37.5 Å². The summed E-state index contributed by atoms with van der Waals surface area (Å²) in [6.45, 7) is 3.24. The van der Waals surface area contributed by atoms with Gasteiger partial charge in [-0.2, -0.15) is 0 Å². The van der Waals surface area contributed by atoms with Gasteiger partial charge in [0.2, 0.25) is 11.1 Å². The third-order valence-electron chi connectivity index (χ3n) is 4.82. The van der Waals surface area contributed by atoms with Gasteiger partial charge in [0.25, 0.3) is 0 Å². The number of nitrogens with zero attached hydrogens (tertiary/aromatic N) is 4. The van der Waals surface area contributed by atoms with Crippen LogP contribution in [0.25, 0.3) is 11.4 Å².